The lowest BCUT2D eigenvalue weighted by atomic mass is 10.1. The second kappa shape index (κ2) is 7.01. The van der Waals surface area contributed by atoms with Crippen LogP contribution in [0.1, 0.15) is 53.1 Å². The van der Waals surface area contributed by atoms with Crippen LogP contribution in [0, 0.1) is 0 Å². The predicted molar refractivity (Wildman–Crippen MR) is 88.9 cm³/mol. The van der Waals surface area contributed by atoms with E-state index in [4.69, 9.17) is 13.9 Å². The van der Waals surface area contributed by atoms with E-state index in [2.05, 4.69) is 10.00 Å². The molecule has 4 rings (SSSR count). The van der Waals surface area contributed by atoms with Crippen LogP contribution in [0.2, 0.25) is 0 Å². The first-order chi connectivity index (χ1) is 12.2. The monoisotopic (exact) mass is 345 g/mol. The Morgan fingerprint density at radius 3 is 3.08 bits per heavy atom. The molecule has 4 heterocycles. The molecule has 1 saturated heterocycles. The van der Waals surface area contributed by atoms with Crippen molar-refractivity contribution in [1.82, 2.24) is 14.7 Å². The van der Waals surface area contributed by atoms with E-state index in [0.29, 0.717) is 5.69 Å². The van der Waals surface area contributed by atoms with Crippen LogP contribution < -0.4 is 0 Å². The van der Waals surface area contributed by atoms with Gasteiger partial charge in [-0.1, -0.05) is 0 Å². The maximum absolute atomic E-state index is 11.6. The van der Waals surface area contributed by atoms with E-state index in [1.807, 2.05) is 16.8 Å². The summed E-state index contributed by atoms with van der Waals surface area (Å²) in [6.07, 6.45) is 3.47. The maximum atomic E-state index is 11.6. The zero-order valence-corrected chi connectivity index (χ0v) is 14.4. The van der Waals surface area contributed by atoms with Gasteiger partial charge in [0.25, 0.3) is 0 Å². The number of rotatable bonds is 4. The molecule has 2 aromatic heterocycles. The number of fused-ring (bicyclic) bond motifs is 1. The molecule has 0 N–H and O–H groups in total. The summed E-state index contributed by atoms with van der Waals surface area (Å²) in [6.45, 7) is 3.92. The number of carbonyl (C=O) groups excluding carboxylic acids is 1. The Kier molecular flexibility index (Phi) is 4.59. The van der Waals surface area contributed by atoms with E-state index in [9.17, 15) is 4.79 Å². The van der Waals surface area contributed by atoms with Crippen molar-refractivity contribution in [2.24, 2.45) is 0 Å². The number of furan rings is 1. The molecule has 0 amide bonds. The molecule has 2 aliphatic heterocycles. The Labute approximate surface area is 146 Å². The van der Waals surface area contributed by atoms with Crippen molar-refractivity contribution in [1.29, 1.82) is 0 Å². The van der Waals surface area contributed by atoms with Crippen molar-refractivity contribution in [3.05, 3.63) is 41.1 Å². The molecule has 0 aliphatic carbocycles. The summed E-state index contributed by atoms with van der Waals surface area (Å²) in [7, 11) is 1.37. The summed E-state index contributed by atoms with van der Waals surface area (Å²) in [5, 5.41) is 4.30. The number of nitrogens with zero attached hydrogens (tertiary/aromatic N) is 3. The zero-order chi connectivity index (χ0) is 17.2. The van der Waals surface area contributed by atoms with Crippen molar-refractivity contribution in [2.75, 3.05) is 20.3 Å². The van der Waals surface area contributed by atoms with E-state index in [0.717, 1.165) is 62.8 Å². The molecule has 0 aromatic carbocycles. The lowest BCUT2D eigenvalue weighted by Gasteiger charge is -2.26. The molecule has 7 heteroatoms. The van der Waals surface area contributed by atoms with Gasteiger partial charge in [-0.2, -0.15) is 5.10 Å². The van der Waals surface area contributed by atoms with Crippen LogP contribution in [-0.2, 0) is 29.1 Å². The zero-order valence-electron chi connectivity index (χ0n) is 14.4. The molecule has 0 bridgehead atoms. The number of carbonyl (C=O) groups is 1. The Morgan fingerprint density at radius 2 is 2.28 bits per heavy atom. The van der Waals surface area contributed by atoms with Gasteiger partial charge in [-0.3, -0.25) is 9.58 Å². The summed E-state index contributed by atoms with van der Waals surface area (Å²) in [6, 6.07) is 5.88. The van der Waals surface area contributed by atoms with Crippen LogP contribution in [0.3, 0.4) is 0 Å². The van der Waals surface area contributed by atoms with Gasteiger partial charge >= 0.3 is 5.97 Å². The third kappa shape index (κ3) is 3.48. The second-order valence-electron chi connectivity index (χ2n) is 6.61. The molecular formula is C18H23N3O4. The van der Waals surface area contributed by atoms with Crippen molar-refractivity contribution < 1.29 is 18.7 Å². The third-order valence-corrected chi connectivity index (χ3v) is 4.83. The SMILES string of the molecule is COC(=O)c1cc2n(n1)CCN(Cc1ccc([C@H]3CCCCO3)o1)C2. The molecule has 0 saturated carbocycles. The molecule has 0 unspecified atom stereocenters. The van der Waals surface area contributed by atoms with E-state index < -0.39 is 5.97 Å². The first-order valence-electron chi connectivity index (χ1n) is 8.80. The highest BCUT2D eigenvalue weighted by atomic mass is 16.5. The van der Waals surface area contributed by atoms with E-state index in [-0.39, 0.29) is 6.10 Å². The number of hydrogen-bond acceptors (Lipinski definition) is 6. The molecule has 2 aliphatic rings. The molecule has 25 heavy (non-hydrogen) atoms. The highest BCUT2D eigenvalue weighted by Crippen LogP contribution is 2.29. The fraction of sp³-hybridized carbons (Fsp3) is 0.556. The summed E-state index contributed by atoms with van der Waals surface area (Å²) in [5.41, 5.74) is 1.39. The predicted octanol–water partition coefficient (Wildman–Crippen LogP) is 2.52. The van der Waals surface area contributed by atoms with Crippen molar-refractivity contribution in [3.63, 3.8) is 0 Å². The molecule has 1 atom stereocenters. The second-order valence-corrected chi connectivity index (χ2v) is 6.61. The summed E-state index contributed by atoms with van der Waals surface area (Å²) in [4.78, 5) is 13.9. The van der Waals surface area contributed by atoms with Crippen LogP contribution in [0.15, 0.2) is 22.6 Å². The van der Waals surface area contributed by atoms with Gasteiger partial charge in [-0.15, -0.1) is 0 Å². The summed E-state index contributed by atoms with van der Waals surface area (Å²) >= 11 is 0. The topological polar surface area (TPSA) is 69.7 Å². The highest BCUT2D eigenvalue weighted by Gasteiger charge is 2.23. The van der Waals surface area contributed by atoms with Crippen LogP contribution in [0.5, 0.6) is 0 Å². The lowest BCUT2D eigenvalue weighted by Crippen LogP contribution is -2.33. The van der Waals surface area contributed by atoms with Crippen LogP contribution in [-0.4, -0.2) is 40.9 Å². The normalized spacial score (nSPS) is 21.1. The number of hydrogen-bond donors (Lipinski definition) is 0. The van der Waals surface area contributed by atoms with Gasteiger partial charge in [-0.05, 0) is 37.5 Å². The van der Waals surface area contributed by atoms with Gasteiger partial charge in [0, 0.05) is 19.7 Å². The maximum Gasteiger partial charge on any atom is 0.358 e. The molecule has 7 nitrogen and oxygen atoms in total. The van der Waals surface area contributed by atoms with Crippen LogP contribution in [0.25, 0.3) is 0 Å². The quantitative estimate of drug-likeness (QED) is 0.793. The van der Waals surface area contributed by atoms with Gasteiger partial charge in [0.05, 0.1) is 25.9 Å². The molecule has 1 fully saturated rings. The first kappa shape index (κ1) is 16.4. The number of ether oxygens (including phenoxy) is 2. The number of methoxy groups -OCH3 is 1. The molecule has 0 spiro atoms. The van der Waals surface area contributed by atoms with Gasteiger partial charge in [-0.25, -0.2) is 4.79 Å². The summed E-state index contributed by atoms with van der Waals surface area (Å²) < 4.78 is 18.4. The average molecular weight is 345 g/mol. The minimum absolute atomic E-state index is 0.105. The minimum atomic E-state index is -0.392. The Bertz CT molecular complexity index is 745. The van der Waals surface area contributed by atoms with Gasteiger partial charge in [0.2, 0.25) is 0 Å². The molecular weight excluding hydrogens is 322 g/mol. The Hall–Kier alpha value is -2.12. The van der Waals surface area contributed by atoms with Crippen molar-refractivity contribution in [2.45, 2.75) is 45.0 Å². The number of aromatic nitrogens is 2. The first-order valence-corrected chi connectivity index (χ1v) is 8.80. The molecule has 2 aromatic rings. The van der Waals surface area contributed by atoms with E-state index >= 15 is 0 Å². The smallest absolute Gasteiger partial charge is 0.358 e. The fourth-order valence-corrected chi connectivity index (χ4v) is 3.50. The molecule has 0 radical (unpaired) electrons. The van der Waals surface area contributed by atoms with Crippen molar-refractivity contribution in [3.8, 4) is 0 Å². The largest absolute Gasteiger partial charge is 0.464 e. The average Bonchev–Trinajstić information content (AvgIpc) is 3.28. The van der Waals surface area contributed by atoms with Crippen LogP contribution >= 0.6 is 0 Å². The van der Waals surface area contributed by atoms with Crippen LogP contribution in [0.4, 0.5) is 0 Å². The van der Waals surface area contributed by atoms with E-state index in [1.165, 1.54) is 13.5 Å². The van der Waals surface area contributed by atoms with E-state index in [1.54, 1.807) is 6.07 Å². The third-order valence-electron chi connectivity index (χ3n) is 4.83. The fourth-order valence-electron chi connectivity index (χ4n) is 3.50. The van der Waals surface area contributed by atoms with Gasteiger partial charge < -0.3 is 13.9 Å². The lowest BCUT2D eigenvalue weighted by molar-refractivity contribution is 0.000742. The highest BCUT2D eigenvalue weighted by molar-refractivity contribution is 5.87. The minimum Gasteiger partial charge on any atom is -0.464 e. The van der Waals surface area contributed by atoms with Crippen molar-refractivity contribution >= 4 is 5.97 Å². The number of esters is 1. The summed E-state index contributed by atoms with van der Waals surface area (Å²) in [5.74, 6) is 1.49. The standard InChI is InChI=1S/C18H23N3O4/c1-23-18(22)15-10-13-11-20(7-8-21(13)19-15)12-14-5-6-17(25-14)16-4-2-3-9-24-16/h5-6,10,16H,2-4,7-9,11-12H2,1H3/t16-/m1/s1. The Morgan fingerprint density at radius 1 is 1.36 bits per heavy atom. The van der Waals surface area contributed by atoms with Gasteiger partial charge in [0.15, 0.2) is 5.69 Å². The Balaban J connectivity index is 1.40. The van der Waals surface area contributed by atoms with Gasteiger partial charge in [0.1, 0.15) is 17.6 Å². The molecule has 134 valence electrons.